The molecular weight excluding hydrogens is 296 g/mol. The molecule has 120 valence electrons. The quantitative estimate of drug-likeness (QED) is 0.686. The molecule has 3 heteroatoms. The summed E-state index contributed by atoms with van der Waals surface area (Å²) in [4.78, 5) is 12.6. The summed E-state index contributed by atoms with van der Waals surface area (Å²) in [5.74, 6) is -0.130. The van der Waals surface area contributed by atoms with Crippen LogP contribution in [0, 0.1) is 13.8 Å². The van der Waals surface area contributed by atoms with Crippen molar-refractivity contribution in [1.82, 2.24) is 0 Å². The van der Waals surface area contributed by atoms with Gasteiger partial charge in [0.15, 0.2) is 0 Å². The van der Waals surface area contributed by atoms with E-state index in [0.29, 0.717) is 5.56 Å². The Balaban J connectivity index is 1.83. The number of carbonyl (C=O) groups is 1. The summed E-state index contributed by atoms with van der Waals surface area (Å²) in [5.41, 5.74) is 5.48. The van der Waals surface area contributed by atoms with Crippen molar-refractivity contribution in [1.29, 1.82) is 0 Å². The van der Waals surface area contributed by atoms with Crippen molar-refractivity contribution < 1.29 is 4.79 Å². The van der Waals surface area contributed by atoms with E-state index in [-0.39, 0.29) is 5.91 Å². The van der Waals surface area contributed by atoms with Crippen molar-refractivity contribution in [2.45, 2.75) is 13.8 Å². The molecule has 3 nitrogen and oxygen atoms in total. The lowest BCUT2D eigenvalue weighted by atomic mass is 10.1. The zero-order chi connectivity index (χ0) is 16.9. The molecule has 0 radical (unpaired) electrons. The maximum atomic E-state index is 12.6. The van der Waals surface area contributed by atoms with Crippen LogP contribution < -0.4 is 10.6 Å². The molecule has 0 spiro atoms. The molecule has 1 amide bonds. The van der Waals surface area contributed by atoms with Gasteiger partial charge in [0, 0.05) is 11.4 Å². The fourth-order valence-electron chi connectivity index (χ4n) is 2.50. The summed E-state index contributed by atoms with van der Waals surface area (Å²) in [7, 11) is 0. The first kappa shape index (κ1) is 15.8. The first-order valence-corrected chi connectivity index (χ1v) is 7.92. The molecule has 3 rings (SSSR count). The predicted molar refractivity (Wildman–Crippen MR) is 100 cm³/mol. The van der Waals surface area contributed by atoms with Crippen LogP contribution in [0.25, 0.3) is 0 Å². The Morgan fingerprint density at radius 1 is 0.750 bits per heavy atom. The lowest BCUT2D eigenvalue weighted by Gasteiger charge is -2.13. The van der Waals surface area contributed by atoms with E-state index in [2.05, 4.69) is 16.7 Å². The van der Waals surface area contributed by atoms with Gasteiger partial charge in [0.2, 0.25) is 0 Å². The Bertz CT molecular complexity index is 854. The highest BCUT2D eigenvalue weighted by molar-refractivity contribution is 6.08. The molecule has 0 aliphatic heterocycles. The van der Waals surface area contributed by atoms with Crippen molar-refractivity contribution >= 4 is 23.0 Å². The van der Waals surface area contributed by atoms with Crippen molar-refractivity contribution in [3.05, 3.63) is 89.5 Å². The molecule has 24 heavy (non-hydrogen) atoms. The average Bonchev–Trinajstić information content (AvgIpc) is 2.57. The molecule has 0 atom stereocenters. The number of rotatable bonds is 4. The summed E-state index contributed by atoms with van der Waals surface area (Å²) in [6.45, 7) is 4.06. The maximum absolute atomic E-state index is 12.6. The average molecular weight is 316 g/mol. The third-order valence-corrected chi connectivity index (χ3v) is 3.78. The maximum Gasteiger partial charge on any atom is 0.257 e. The van der Waals surface area contributed by atoms with Crippen molar-refractivity contribution in [2.75, 3.05) is 10.6 Å². The third-order valence-electron chi connectivity index (χ3n) is 3.78. The molecule has 3 aromatic carbocycles. The number of benzene rings is 3. The Morgan fingerprint density at radius 2 is 1.50 bits per heavy atom. The first-order valence-electron chi connectivity index (χ1n) is 7.92. The van der Waals surface area contributed by atoms with Gasteiger partial charge in [-0.3, -0.25) is 4.79 Å². The molecule has 0 aromatic heterocycles. The van der Waals surface area contributed by atoms with Crippen LogP contribution in [0.5, 0.6) is 0 Å². The minimum absolute atomic E-state index is 0.130. The van der Waals surface area contributed by atoms with E-state index in [1.807, 2.05) is 80.6 Å². The minimum atomic E-state index is -0.130. The lowest BCUT2D eigenvalue weighted by molar-refractivity contribution is 0.102. The second kappa shape index (κ2) is 7.01. The topological polar surface area (TPSA) is 41.1 Å². The monoisotopic (exact) mass is 316 g/mol. The summed E-state index contributed by atoms with van der Waals surface area (Å²) >= 11 is 0. The first-order chi connectivity index (χ1) is 11.6. The van der Waals surface area contributed by atoms with Gasteiger partial charge in [0.1, 0.15) is 0 Å². The van der Waals surface area contributed by atoms with Gasteiger partial charge in [-0.2, -0.15) is 0 Å². The van der Waals surface area contributed by atoms with Crippen molar-refractivity contribution in [3.8, 4) is 0 Å². The Kier molecular flexibility index (Phi) is 4.62. The Labute approximate surface area is 142 Å². The van der Waals surface area contributed by atoms with E-state index in [4.69, 9.17) is 0 Å². The summed E-state index contributed by atoms with van der Waals surface area (Å²) in [6.07, 6.45) is 0. The molecule has 0 aliphatic carbocycles. The number of hydrogen-bond acceptors (Lipinski definition) is 2. The van der Waals surface area contributed by atoms with Gasteiger partial charge in [-0.15, -0.1) is 0 Å². The summed E-state index contributed by atoms with van der Waals surface area (Å²) < 4.78 is 0. The summed E-state index contributed by atoms with van der Waals surface area (Å²) in [6, 6.07) is 23.4. The van der Waals surface area contributed by atoms with Crippen LogP contribution in [0.15, 0.2) is 72.8 Å². The van der Waals surface area contributed by atoms with Gasteiger partial charge in [0.05, 0.1) is 11.3 Å². The van der Waals surface area contributed by atoms with Crippen LogP contribution in [0.1, 0.15) is 21.5 Å². The highest BCUT2D eigenvalue weighted by atomic mass is 16.1. The van der Waals surface area contributed by atoms with Crippen LogP contribution in [0.2, 0.25) is 0 Å². The smallest absolute Gasteiger partial charge is 0.257 e. The second-order valence-electron chi connectivity index (χ2n) is 5.86. The zero-order valence-corrected chi connectivity index (χ0v) is 13.8. The molecule has 0 saturated heterocycles. The van der Waals surface area contributed by atoms with Gasteiger partial charge in [-0.1, -0.05) is 42.0 Å². The fraction of sp³-hybridized carbons (Fsp3) is 0.0952. The number of anilines is 3. The molecule has 0 saturated carbocycles. The predicted octanol–water partition coefficient (Wildman–Crippen LogP) is 5.30. The molecular formula is C21H20N2O. The molecule has 0 bridgehead atoms. The van der Waals surface area contributed by atoms with Gasteiger partial charge >= 0.3 is 0 Å². The number of carbonyl (C=O) groups excluding carboxylic acids is 1. The van der Waals surface area contributed by atoms with Gasteiger partial charge < -0.3 is 10.6 Å². The van der Waals surface area contributed by atoms with Crippen molar-refractivity contribution in [2.24, 2.45) is 0 Å². The Morgan fingerprint density at radius 3 is 2.25 bits per heavy atom. The molecule has 0 fully saturated rings. The molecule has 0 aliphatic rings. The SMILES string of the molecule is Cc1ccc(NC(=O)c2ccccc2Nc2cccc(C)c2)cc1. The van der Waals surface area contributed by atoms with E-state index < -0.39 is 0 Å². The van der Waals surface area contributed by atoms with Crippen LogP contribution in [-0.4, -0.2) is 5.91 Å². The van der Waals surface area contributed by atoms with Crippen molar-refractivity contribution in [3.63, 3.8) is 0 Å². The van der Waals surface area contributed by atoms with Gasteiger partial charge in [-0.25, -0.2) is 0 Å². The lowest BCUT2D eigenvalue weighted by Crippen LogP contribution is -2.13. The van der Waals surface area contributed by atoms with Crippen LogP contribution in [0.4, 0.5) is 17.1 Å². The van der Waals surface area contributed by atoms with E-state index in [9.17, 15) is 4.79 Å². The molecule has 2 N–H and O–H groups in total. The third kappa shape index (κ3) is 3.82. The highest BCUT2D eigenvalue weighted by Gasteiger charge is 2.11. The van der Waals surface area contributed by atoms with E-state index in [0.717, 1.165) is 22.6 Å². The van der Waals surface area contributed by atoms with Crippen LogP contribution in [-0.2, 0) is 0 Å². The van der Waals surface area contributed by atoms with Crippen LogP contribution in [0.3, 0.4) is 0 Å². The van der Waals surface area contributed by atoms with Gasteiger partial charge in [0.25, 0.3) is 5.91 Å². The minimum Gasteiger partial charge on any atom is -0.355 e. The van der Waals surface area contributed by atoms with E-state index in [1.54, 1.807) is 0 Å². The largest absolute Gasteiger partial charge is 0.355 e. The Hall–Kier alpha value is -3.07. The highest BCUT2D eigenvalue weighted by Crippen LogP contribution is 2.22. The fourth-order valence-corrected chi connectivity index (χ4v) is 2.50. The molecule has 3 aromatic rings. The molecule has 0 unspecified atom stereocenters. The van der Waals surface area contributed by atoms with E-state index in [1.165, 1.54) is 5.56 Å². The van der Waals surface area contributed by atoms with Gasteiger partial charge in [-0.05, 0) is 55.8 Å². The number of amides is 1. The zero-order valence-electron chi connectivity index (χ0n) is 13.8. The summed E-state index contributed by atoms with van der Waals surface area (Å²) in [5, 5.41) is 6.27. The number of nitrogens with one attached hydrogen (secondary N) is 2. The number of hydrogen-bond donors (Lipinski definition) is 2. The normalized spacial score (nSPS) is 10.2. The van der Waals surface area contributed by atoms with E-state index >= 15 is 0 Å². The number of para-hydroxylation sites is 1. The second-order valence-corrected chi connectivity index (χ2v) is 5.86. The molecule has 0 heterocycles. The number of aryl methyl sites for hydroxylation is 2. The van der Waals surface area contributed by atoms with Crippen LogP contribution >= 0.6 is 0 Å². The standard InChI is InChI=1S/C21H20N2O/c1-15-10-12-17(13-11-15)23-21(24)19-8-3-4-9-20(19)22-18-7-5-6-16(2)14-18/h3-14,22H,1-2H3,(H,23,24).